The molecule has 1 amide bonds. The van der Waals surface area contributed by atoms with Gasteiger partial charge in [0.1, 0.15) is 5.82 Å². The van der Waals surface area contributed by atoms with Gasteiger partial charge in [-0.1, -0.05) is 0 Å². The lowest BCUT2D eigenvalue weighted by Gasteiger charge is -2.33. The first-order chi connectivity index (χ1) is 11.2. The normalized spacial score (nSPS) is 22.0. The monoisotopic (exact) mass is 319 g/mol. The van der Waals surface area contributed by atoms with Gasteiger partial charge in [0, 0.05) is 32.4 Å². The van der Waals surface area contributed by atoms with Crippen molar-refractivity contribution in [3.05, 3.63) is 23.9 Å². The predicted octanol–water partition coefficient (Wildman–Crippen LogP) is 0.855. The maximum atomic E-state index is 12.9. The Morgan fingerprint density at radius 3 is 2.78 bits per heavy atom. The summed E-state index contributed by atoms with van der Waals surface area (Å²) in [6.07, 6.45) is 3.02. The molecule has 7 heteroatoms. The first-order valence-electron chi connectivity index (χ1n) is 7.96. The number of likely N-dealkylation sites (tertiary alicyclic amines) is 1. The van der Waals surface area contributed by atoms with Crippen molar-refractivity contribution in [2.45, 2.75) is 12.8 Å². The smallest absolute Gasteiger partial charge is 0.308 e. The molecule has 0 aromatic carbocycles. The molecule has 1 aromatic heterocycles. The highest BCUT2D eigenvalue weighted by Gasteiger charge is 2.30. The van der Waals surface area contributed by atoms with E-state index in [0.717, 1.165) is 6.42 Å². The lowest BCUT2D eigenvalue weighted by atomic mass is 9.97. The number of aromatic nitrogens is 1. The highest BCUT2D eigenvalue weighted by Crippen LogP contribution is 2.23. The standard InChI is InChI=1S/C16H21N3O4/c20-15(19-6-2-3-12(11-19)16(21)22)13-4-1-5-17-14(13)18-7-9-23-10-8-18/h1,4-5,12H,2-3,6-11H2,(H,21,22). The van der Waals surface area contributed by atoms with Crippen molar-refractivity contribution < 1.29 is 19.4 Å². The van der Waals surface area contributed by atoms with Crippen molar-refractivity contribution in [1.82, 2.24) is 9.88 Å². The van der Waals surface area contributed by atoms with Crippen LogP contribution >= 0.6 is 0 Å². The van der Waals surface area contributed by atoms with E-state index in [1.54, 1.807) is 23.2 Å². The fourth-order valence-electron chi connectivity index (χ4n) is 3.12. The van der Waals surface area contributed by atoms with Gasteiger partial charge in [-0.2, -0.15) is 0 Å². The SMILES string of the molecule is O=C(O)C1CCCN(C(=O)c2cccnc2N2CCOCC2)C1. The Bertz CT molecular complexity index is 586. The first kappa shape index (κ1) is 15.7. The van der Waals surface area contributed by atoms with Gasteiger partial charge in [-0.05, 0) is 25.0 Å². The molecule has 2 aliphatic heterocycles. The van der Waals surface area contributed by atoms with Crippen molar-refractivity contribution in [2.24, 2.45) is 5.92 Å². The van der Waals surface area contributed by atoms with Crippen LogP contribution < -0.4 is 4.90 Å². The molecule has 2 aliphatic rings. The molecule has 1 aromatic rings. The van der Waals surface area contributed by atoms with Crippen molar-refractivity contribution in [1.29, 1.82) is 0 Å². The van der Waals surface area contributed by atoms with Crippen LogP contribution in [0.5, 0.6) is 0 Å². The van der Waals surface area contributed by atoms with Crippen LogP contribution in [0.2, 0.25) is 0 Å². The van der Waals surface area contributed by atoms with Crippen molar-refractivity contribution in [3.8, 4) is 0 Å². The van der Waals surface area contributed by atoms with Gasteiger partial charge >= 0.3 is 5.97 Å². The van der Waals surface area contributed by atoms with Gasteiger partial charge in [-0.15, -0.1) is 0 Å². The summed E-state index contributed by atoms with van der Waals surface area (Å²) in [5, 5.41) is 9.19. The number of anilines is 1. The van der Waals surface area contributed by atoms with Crippen LogP contribution in [0.15, 0.2) is 18.3 Å². The summed E-state index contributed by atoms with van der Waals surface area (Å²) >= 11 is 0. The molecule has 1 atom stereocenters. The van der Waals surface area contributed by atoms with E-state index in [-0.39, 0.29) is 12.5 Å². The molecule has 7 nitrogen and oxygen atoms in total. The van der Waals surface area contributed by atoms with Gasteiger partial charge in [0.2, 0.25) is 0 Å². The molecule has 0 saturated carbocycles. The second kappa shape index (κ2) is 6.95. The summed E-state index contributed by atoms with van der Waals surface area (Å²) in [6.45, 7) is 3.51. The summed E-state index contributed by atoms with van der Waals surface area (Å²) in [7, 11) is 0. The molecular formula is C16H21N3O4. The highest BCUT2D eigenvalue weighted by molar-refractivity contribution is 5.99. The third kappa shape index (κ3) is 3.44. The Balaban J connectivity index is 1.80. The zero-order chi connectivity index (χ0) is 16.2. The number of aliphatic carboxylic acids is 1. The Hall–Kier alpha value is -2.15. The Kier molecular flexibility index (Phi) is 4.76. The van der Waals surface area contributed by atoms with Crippen molar-refractivity contribution >= 4 is 17.7 Å². The Morgan fingerprint density at radius 2 is 2.04 bits per heavy atom. The number of carbonyl (C=O) groups is 2. The second-order valence-corrected chi connectivity index (χ2v) is 5.90. The summed E-state index contributed by atoms with van der Waals surface area (Å²) in [4.78, 5) is 32.1. The van der Waals surface area contributed by atoms with E-state index >= 15 is 0 Å². The molecule has 2 fully saturated rings. The predicted molar refractivity (Wildman–Crippen MR) is 83.5 cm³/mol. The zero-order valence-electron chi connectivity index (χ0n) is 13.0. The number of carbonyl (C=O) groups excluding carboxylic acids is 1. The number of rotatable bonds is 3. The second-order valence-electron chi connectivity index (χ2n) is 5.90. The first-order valence-corrected chi connectivity index (χ1v) is 7.96. The number of hydrogen-bond donors (Lipinski definition) is 1. The van der Waals surface area contributed by atoms with E-state index in [1.165, 1.54) is 0 Å². The van der Waals surface area contributed by atoms with Gasteiger partial charge < -0.3 is 19.6 Å². The molecule has 0 bridgehead atoms. The fraction of sp³-hybridized carbons (Fsp3) is 0.562. The number of piperidine rings is 1. The number of nitrogens with zero attached hydrogens (tertiary/aromatic N) is 3. The maximum absolute atomic E-state index is 12.9. The number of carboxylic acids is 1. The number of amides is 1. The molecule has 2 saturated heterocycles. The Morgan fingerprint density at radius 1 is 1.26 bits per heavy atom. The molecule has 1 unspecified atom stereocenters. The zero-order valence-corrected chi connectivity index (χ0v) is 13.0. The molecule has 23 heavy (non-hydrogen) atoms. The third-order valence-corrected chi connectivity index (χ3v) is 4.39. The number of ether oxygens (including phenoxy) is 1. The van der Waals surface area contributed by atoms with Gasteiger partial charge in [0.15, 0.2) is 0 Å². The van der Waals surface area contributed by atoms with Gasteiger partial charge in [0.05, 0.1) is 24.7 Å². The van der Waals surface area contributed by atoms with Crippen LogP contribution in [0.4, 0.5) is 5.82 Å². The topological polar surface area (TPSA) is 83.0 Å². The highest BCUT2D eigenvalue weighted by atomic mass is 16.5. The number of carboxylic acid groups (broad SMARTS) is 1. The summed E-state index contributed by atoms with van der Waals surface area (Å²) in [5.74, 6) is -0.776. The molecule has 3 heterocycles. The largest absolute Gasteiger partial charge is 0.481 e. The van der Waals surface area contributed by atoms with E-state index in [1.807, 2.05) is 0 Å². The average molecular weight is 319 g/mol. The van der Waals surface area contributed by atoms with E-state index in [4.69, 9.17) is 4.74 Å². The van der Waals surface area contributed by atoms with Gasteiger partial charge in [-0.3, -0.25) is 9.59 Å². The lowest BCUT2D eigenvalue weighted by Crippen LogP contribution is -2.43. The van der Waals surface area contributed by atoms with E-state index in [0.29, 0.717) is 50.7 Å². The molecule has 3 rings (SSSR count). The molecular weight excluding hydrogens is 298 g/mol. The minimum Gasteiger partial charge on any atom is -0.481 e. The van der Waals surface area contributed by atoms with Crippen LogP contribution in [0.25, 0.3) is 0 Å². The van der Waals surface area contributed by atoms with Gasteiger partial charge in [0.25, 0.3) is 5.91 Å². The molecule has 124 valence electrons. The number of hydrogen-bond acceptors (Lipinski definition) is 5. The third-order valence-electron chi connectivity index (χ3n) is 4.39. The minimum atomic E-state index is -0.831. The minimum absolute atomic E-state index is 0.134. The summed E-state index contributed by atoms with van der Waals surface area (Å²) < 4.78 is 5.35. The Labute approximate surface area is 134 Å². The van der Waals surface area contributed by atoms with Crippen LogP contribution in [0.1, 0.15) is 23.2 Å². The lowest BCUT2D eigenvalue weighted by molar-refractivity contribution is -0.143. The molecule has 0 radical (unpaired) electrons. The van der Waals surface area contributed by atoms with E-state index < -0.39 is 11.9 Å². The number of pyridine rings is 1. The van der Waals surface area contributed by atoms with Crippen LogP contribution in [0, 0.1) is 5.92 Å². The van der Waals surface area contributed by atoms with Gasteiger partial charge in [-0.25, -0.2) is 4.98 Å². The summed E-state index contributed by atoms with van der Waals surface area (Å²) in [5.41, 5.74) is 0.542. The van der Waals surface area contributed by atoms with Crippen molar-refractivity contribution in [3.63, 3.8) is 0 Å². The van der Waals surface area contributed by atoms with Crippen LogP contribution in [0.3, 0.4) is 0 Å². The van der Waals surface area contributed by atoms with E-state index in [9.17, 15) is 14.7 Å². The summed E-state index contributed by atoms with van der Waals surface area (Å²) in [6, 6.07) is 3.51. The molecule has 0 aliphatic carbocycles. The quantitative estimate of drug-likeness (QED) is 0.889. The molecule has 1 N–H and O–H groups in total. The van der Waals surface area contributed by atoms with Crippen LogP contribution in [-0.4, -0.2) is 66.3 Å². The van der Waals surface area contributed by atoms with Crippen molar-refractivity contribution in [2.75, 3.05) is 44.3 Å². The van der Waals surface area contributed by atoms with Crippen LogP contribution in [-0.2, 0) is 9.53 Å². The number of morpholine rings is 1. The van der Waals surface area contributed by atoms with E-state index in [2.05, 4.69) is 9.88 Å². The maximum Gasteiger partial charge on any atom is 0.308 e. The molecule has 0 spiro atoms. The fourth-order valence-corrected chi connectivity index (χ4v) is 3.12. The average Bonchev–Trinajstić information content (AvgIpc) is 2.62.